The van der Waals surface area contributed by atoms with E-state index in [0.717, 1.165) is 25.1 Å². The van der Waals surface area contributed by atoms with Crippen LogP contribution in [0.15, 0.2) is 0 Å². The monoisotopic (exact) mass is 325 g/mol. The summed E-state index contributed by atoms with van der Waals surface area (Å²) in [6.07, 6.45) is 5.56. The highest BCUT2D eigenvalue weighted by molar-refractivity contribution is 6.66. The first-order chi connectivity index (χ1) is 8.86. The van der Waals surface area contributed by atoms with E-state index in [2.05, 4.69) is 31.1 Å². The summed E-state index contributed by atoms with van der Waals surface area (Å²) in [5, 5.41) is 8.20. The molecule has 0 radical (unpaired) electrons. The molecule has 19 heavy (non-hydrogen) atoms. The van der Waals surface area contributed by atoms with Crippen LogP contribution in [0.5, 0.6) is 0 Å². The van der Waals surface area contributed by atoms with Crippen molar-refractivity contribution < 1.29 is 0 Å². The summed E-state index contributed by atoms with van der Waals surface area (Å²) in [6, 6.07) is 0. The van der Waals surface area contributed by atoms with Gasteiger partial charge in [-0.15, -0.1) is 5.10 Å². The first-order valence-corrected chi connectivity index (χ1v) is 7.99. The Labute approximate surface area is 130 Å². The number of rotatable bonds is 7. The number of aromatic nitrogens is 3. The fraction of sp³-hybridized carbons (Fsp3) is 0.846. The first kappa shape index (κ1) is 17.1. The van der Waals surface area contributed by atoms with Crippen LogP contribution < -0.4 is 0 Å². The van der Waals surface area contributed by atoms with Crippen LogP contribution in [0.25, 0.3) is 0 Å². The van der Waals surface area contributed by atoms with Gasteiger partial charge < -0.3 is 0 Å². The highest BCUT2D eigenvalue weighted by Crippen LogP contribution is 2.39. The number of aryl methyl sites for hydroxylation is 1. The lowest BCUT2D eigenvalue weighted by atomic mass is 10.1. The second-order valence-electron chi connectivity index (χ2n) is 5.26. The zero-order chi connectivity index (χ0) is 14.5. The Balaban J connectivity index is 2.82. The topological polar surface area (TPSA) is 30.7 Å². The van der Waals surface area contributed by atoms with Gasteiger partial charge in [-0.25, -0.2) is 4.68 Å². The lowest BCUT2D eigenvalue weighted by molar-refractivity contribution is 0.495. The minimum atomic E-state index is -1.49. The Hall–Kier alpha value is 0.01000. The molecule has 0 aliphatic rings. The molecule has 1 rings (SSSR count). The standard InChI is InChI=1S/C13H22Cl3N3/c1-4-5-6-7-8-19-11(9-10(2)3)12(17-18-19)13(14,15)16/h10H,4-9H2,1-3H3. The molecular formula is C13H22Cl3N3. The van der Waals surface area contributed by atoms with Crippen LogP contribution in [-0.2, 0) is 16.8 Å². The quantitative estimate of drug-likeness (QED) is 0.528. The van der Waals surface area contributed by atoms with Crippen molar-refractivity contribution in [3.63, 3.8) is 0 Å². The maximum Gasteiger partial charge on any atom is 0.236 e. The third-order valence-corrected chi connectivity index (χ3v) is 3.47. The van der Waals surface area contributed by atoms with Crippen molar-refractivity contribution in [2.45, 2.75) is 63.2 Å². The summed E-state index contributed by atoms with van der Waals surface area (Å²) in [5.74, 6) is 0.471. The van der Waals surface area contributed by atoms with Crippen LogP contribution >= 0.6 is 34.8 Å². The van der Waals surface area contributed by atoms with E-state index in [-0.39, 0.29) is 0 Å². The number of hydrogen-bond donors (Lipinski definition) is 0. The average molecular weight is 327 g/mol. The molecule has 3 nitrogen and oxygen atoms in total. The average Bonchev–Trinajstić information content (AvgIpc) is 2.66. The normalized spacial score (nSPS) is 12.4. The second kappa shape index (κ2) is 7.70. The van der Waals surface area contributed by atoms with Crippen LogP contribution in [0.4, 0.5) is 0 Å². The largest absolute Gasteiger partial charge is 0.249 e. The van der Waals surface area contributed by atoms with Gasteiger partial charge in [0.15, 0.2) is 0 Å². The summed E-state index contributed by atoms with van der Waals surface area (Å²) in [7, 11) is 0. The van der Waals surface area contributed by atoms with Gasteiger partial charge in [-0.05, 0) is 18.8 Å². The van der Waals surface area contributed by atoms with Gasteiger partial charge in [0.25, 0.3) is 0 Å². The van der Waals surface area contributed by atoms with E-state index < -0.39 is 3.79 Å². The van der Waals surface area contributed by atoms with E-state index in [1.54, 1.807) is 0 Å². The van der Waals surface area contributed by atoms with E-state index >= 15 is 0 Å². The predicted octanol–water partition coefficient (Wildman–Crippen LogP) is 4.88. The van der Waals surface area contributed by atoms with E-state index in [1.165, 1.54) is 19.3 Å². The van der Waals surface area contributed by atoms with E-state index in [9.17, 15) is 0 Å². The molecule has 0 aliphatic carbocycles. The number of halogens is 3. The molecule has 1 aromatic rings. The second-order valence-corrected chi connectivity index (χ2v) is 7.55. The summed E-state index contributed by atoms with van der Waals surface area (Å²) in [4.78, 5) is 0. The van der Waals surface area contributed by atoms with Gasteiger partial charge in [-0.1, -0.05) is 80.0 Å². The zero-order valence-electron chi connectivity index (χ0n) is 11.8. The molecule has 0 bridgehead atoms. The van der Waals surface area contributed by atoms with Crippen LogP contribution in [0.3, 0.4) is 0 Å². The molecular weight excluding hydrogens is 305 g/mol. The van der Waals surface area contributed by atoms with Gasteiger partial charge in [-0.2, -0.15) is 0 Å². The molecule has 6 heteroatoms. The Bertz CT molecular complexity index is 383. The SMILES string of the molecule is CCCCCCn1nnc(C(Cl)(Cl)Cl)c1CC(C)C. The van der Waals surface area contributed by atoms with Crippen LogP contribution in [0, 0.1) is 5.92 Å². The van der Waals surface area contributed by atoms with Crippen molar-refractivity contribution in [1.29, 1.82) is 0 Å². The lowest BCUT2D eigenvalue weighted by Gasteiger charge is -2.13. The molecule has 0 aromatic carbocycles. The van der Waals surface area contributed by atoms with Gasteiger partial charge in [0.05, 0.1) is 5.69 Å². The molecule has 0 fully saturated rings. The summed E-state index contributed by atoms with van der Waals surface area (Å²) in [6.45, 7) is 7.31. The number of nitrogens with zero attached hydrogens (tertiary/aromatic N) is 3. The molecule has 0 spiro atoms. The molecule has 0 amide bonds. The van der Waals surface area contributed by atoms with Gasteiger partial charge in [0, 0.05) is 6.54 Å². The molecule has 0 atom stereocenters. The summed E-state index contributed by atoms with van der Waals surface area (Å²) >= 11 is 17.9. The first-order valence-electron chi connectivity index (χ1n) is 6.85. The third-order valence-electron chi connectivity index (χ3n) is 2.93. The minimum Gasteiger partial charge on any atom is -0.249 e. The van der Waals surface area contributed by atoms with Gasteiger partial charge in [-0.3, -0.25) is 0 Å². The van der Waals surface area contributed by atoms with Crippen molar-refractivity contribution in [2.75, 3.05) is 0 Å². The molecule has 1 heterocycles. The van der Waals surface area contributed by atoms with Gasteiger partial charge >= 0.3 is 0 Å². The zero-order valence-corrected chi connectivity index (χ0v) is 14.1. The molecule has 0 unspecified atom stereocenters. The Morgan fingerprint density at radius 1 is 1.16 bits per heavy atom. The van der Waals surface area contributed by atoms with Crippen molar-refractivity contribution in [3.05, 3.63) is 11.4 Å². The van der Waals surface area contributed by atoms with Gasteiger partial charge in [0.1, 0.15) is 5.69 Å². The van der Waals surface area contributed by atoms with Crippen molar-refractivity contribution in [1.82, 2.24) is 15.0 Å². The fourth-order valence-corrected chi connectivity index (χ4v) is 2.45. The van der Waals surface area contributed by atoms with E-state index in [0.29, 0.717) is 11.6 Å². The highest BCUT2D eigenvalue weighted by atomic mass is 35.6. The maximum absolute atomic E-state index is 5.96. The van der Waals surface area contributed by atoms with Crippen molar-refractivity contribution >= 4 is 34.8 Å². The summed E-state index contributed by atoms with van der Waals surface area (Å²) in [5.41, 5.74) is 1.42. The lowest BCUT2D eigenvalue weighted by Crippen LogP contribution is -2.12. The Kier molecular flexibility index (Phi) is 6.92. The van der Waals surface area contributed by atoms with E-state index in [1.807, 2.05) is 4.68 Å². The van der Waals surface area contributed by atoms with Crippen LogP contribution in [-0.4, -0.2) is 15.0 Å². The fourth-order valence-electron chi connectivity index (χ4n) is 2.01. The molecule has 0 saturated heterocycles. The minimum absolute atomic E-state index is 0.471. The number of alkyl halides is 3. The third kappa shape index (κ3) is 5.49. The van der Waals surface area contributed by atoms with Crippen molar-refractivity contribution in [2.24, 2.45) is 5.92 Å². The molecule has 0 N–H and O–H groups in total. The maximum atomic E-state index is 5.96. The smallest absolute Gasteiger partial charge is 0.236 e. The van der Waals surface area contributed by atoms with Crippen LogP contribution in [0.1, 0.15) is 57.8 Å². The number of unbranched alkanes of at least 4 members (excludes halogenated alkanes) is 3. The van der Waals surface area contributed by atoms with E-state index in [4.69, 9.17) is 34.8 Å². The highest BCUT2D eigenvalue weighted by Gasteiger charge is 2.31. The Morgan fingerprint density at radius 3 is 2.37 bits per heavy atom. The number of hydrogen-bond acceptors (Lipinski definition) is 2. The van der Waals surface area contributed by atoms with Crippen LogP contribution in [0.2, 0.25) is 0 Å². The molecule has 0 aliphatic heterocycles. The Morgan fingerprint density at radius 2 is 1.84 bits per heavy atom. The molecule has 1 aromatic heterocycles. The van der Waals surface area contributed by atoms with Gasteiger partial charge in [0.2, 0.25) is 3.79 Å². The predicted molar refractivity (Wildman–Crippen MR) is 81.9 cm³/mol. The van der Waals surface area contributed by atoms with Crippen molar-refractivity contribution in [3.8, 4) is 0 Å². The molecule has 110 valence electrons. The summed E-state index contributed by atoms with van der Waals surface area (Å²) < 4.78 is 0.402. The molecule has 0 saturated carbocycles.